The molecule has 0 spiro atoms. The van der Waals surface area contributed by atoms with E-state index in [0.29, 0.717) is 0 Å². The van der Waals surface area contributed by atoms with Gasteiger partial charge in [-0.25, -0.2) is 0 Å². The molecule has 0 saturated carbocycles. The van der Waals surface area contributed by atoms with Gasteiger partial charge in [-0.1, -0.05) is 41.5 Å². The maximum absolute atomic E-state index is 5.99. The van der Waals surface area contributed by atoms with Gasteiger partial charge in [-0.3, -0.25) is 0 Å². The van der Waals surface area contributed by atoms with Gasteiger partial charge in [-0.05, 0) is 5.41 Å². The first-order valence-corrected chi connectivity index (χ1v) is 5.96. The monoisotopic (exact) mass is 232 g/mol. The van der Waals surface area contributed by atoms with Crippen molar-refractivity contribution >= 4 is 11.1 Å². The summed E-state index contributed by atoms with van der Waals surface area (Å²) in [4.78, 5) is 0. The molecule has 0 aliphatic heterocycles. The third-order valence-electron chi connectivity index (χ3n) is 2.79. The normalized spacial score (nSPS) is 13.3. The molecule has 2 aromatic heterocycles. The van der Waals surface area contributed by atoms with Crippen LogP contribution in [0, 0.1) is 0 Å². The fourth-order valence-electron chi connectivity index (χ4n) is 2.07. The zero-order valence-corrected chi connectivity index (χ0v) is 11.5. The lowest BCUT2D eigenvalue weighted by molar-refractivity contribution is 0.409. The first-order chi connectivity index (χ1) is 7.71. The van der Waals surface area contributed by atoms with E-state index in [1.54, 1.807) is 6.20 Å². The van der Waals surface area contributed by atoms with Gasteiger partial charge in [0.25, 0.3) is 0 Å². The largest absolute Gasteiger partial charge is 0.458 e. The molecule has 0 aliphatic rings. The Bertz CT molecular complexity index is 541. The highest BCUT2D eigenvalue weighted by Gasteiger charge is 2.32. The number of rotatable bonds is 0. The number of fused-ring (bicyclic) bond motifs is 1. The Hall–Kier alpha value is -1.38. The molecule has 0 aliphatic carbocycles. The van der Waals surface area contributed by atoms with Gasteiger partial charge in [-0.2, -0.15) is 5.10 Å². The van der Waals surface area contributed by atoms with Gasteiger partial charge in [0, 0.05) is 17.0 Å². The molecule has 0 radical (unpaired) electrons. The van der Waals surface area contributed by atoms with E-state index in [4.69, 9.17) is 4.42 Å². The van der Waals surface area contributed by atoms with Crippen molar-refractivity contribution in [1.82, 2.24) is 10.2 Å². The predicted molar refractivity (Wildman–Crippen MR) is 69.2 cm³/mol. The van der Waals surface area contributed by atoms with Gasteiger partial charge in [0.15, 0.2) is 5.58 Å². The molecule has 0 N–H and O–H groups in total. The molecule has 3 nitrogen and oxygen atoms in total. The fourth-order valence-corrected chi connectivity index (χ4v) is 2.07. The summed E-state index contributed by atoms with van der Waals surface area (Å²) >= 11 is 0. The molecule has 2 aromatic rings. The van der Waals surface area contributed by atoms with E-state index in [9.17, 15) is 0 Å². The van der Waals surface area contributed by atoms with Crippen molar-refractivity contribution in [2.24, 2.45) is 0 Å². The van der Waals surface area contributed by atoms with Gasteiger partial charge in [0.2, 0.25) is 0 Å². The highest BCUT2D eigenvalue weighted by Crippen LogP contribution is 2.39. The number of hydrogen-bond acceptors (Lipinski definition) is 3. The van der Waals surface area contributed by atoms with Crippen molar-refractivity contribution in [2.75, 3.05) is 0 Å². The molecule has 0 aromatic carbocycles. The molecule has 0 atom stereocenters. The Morgan fingerprint density at radius 3 is 2.18 bits per heavy atom. The Morgan fingerprint density at radius 1 is 1.00 bits per heavy atom. The van der Waals surface area contributed by atoms with E-state index >= 15 is 0 Å². The Labute approximate surface area is 102 Å². The number of furan rings is 1. The molecule has 2 heterocycles. The molecular formula is C14H20N2O. The van der Waals surface area contributed by atoms with Gasteiger partial charge in [0.1, 0.15) is 11.3 Å². The van der Waals surface area contributed by atoms with Gasteiger partial charge in [0.05, 0.1) is 6.20 Å². The van der Waals surface area contributed by atoms with Crippen LogP contribution < -0.4 is 0 Å². The summed E-state index contributed by atoms with van der Waals surface area (Å²) in [6, 6.07) is 1.88. The van der Waals surface area contributed by atoms with Crippen LogP contribution in [0.5, 0.6) is 0 Å². The number of hydrogen-bond donors (Lipinski definition) is 0. The first kappa shape index (κ1) is 12.1. The van der Waals surface area contributed by atoms with Crippen molar-refractivity contribution in [1.29, 1.82) is 0 Å². The second kappa shape index (κ2) is 3.56. The number of aromatic nitrogens is 2. The quantitative estimate of drug-likeness (QED) is 0.693. The second-order valence-corrected chi connectivity index (χ2v) is 6.55. The van der Waals surface area contributed by atoms with E-state index in [1.165, 1.54) is 5.56 Å². The minimum atomic E-state index is -0.0245. The summed E-state index contributed by atoms with van der Waals surface area (Å²) in [5, 5.41) is 8.21. The zero-order chi connectivity index (χ0) is 12.8. The summed E-state index contributed by atoms with van der Waals surface area (Å²) in [6.45, 7) is 13.0. The maximum Gasteiger partial charge on any atom is 0.156 e. The molecular weight excluding hydrogens is 212 g/mol. The average molecular weight is 232 g/mol. The highest BCUT2D eigenvalue weighted by molar-refractivity contribution is 5.78. The molecule has 3 heteroatoms. The van der Waals surface area contributed by atoms with E-state index in [2.05, 4.69) is 51.7 Å². The van der Waals surface area contributed by atoms with Crippen LogP contribution in [-0.2, 0) is 10.8 Å². The van der Waals surface area contributed by atoms with Crippen LogP contribution in [-0.4, -0.2) is 10.2 Å². The molecule has 17 heavy (non-hydrogen) atoms. The molecule has 0 bridgehead atoms. The molecule has 2 rings (SSSR count). The van der Waals surface area contributed by atoms with Crippen LogP contribution in [0.1, 0.15) is 52.9 Å². The van der Waals surface area contributed by atoms with E-state index in [1.807, 2.05) is 6.07 Å². The summed E-state index contributed by atoms with van der Waals surface area (Å²) in [7, 11) is 0. The van der Waals surface area contributed by atoms with Crippen LogP contribution in [0.15, 0.2) is 16.7 Å². The van der Waals surface area contributed by atoms with Crippen molar-refractivity contribution < 1.29 is 4.42 Å². The predicted octanol–water partition coefficient (Wildman–Crippen LogP) is 3.82. The lowest BCUT2D eigenvalue weighted by Crippen LogP contribution is -2.20. The lowest BCUT2D eigenvalue weighted by Gasteiger charge is -2.24. The minimum Gasteiger partial charge on any atom is -0.458 e. The Balaban J connectivity index is 2.84. The first-order valence-electron chi connectivity index (χ1n) is 5.96. The Kier molecular flexibility index (Phi) is 2.53. The van der Waals surface area contributed by atoms with Gasteiger partial charge in [-0.15, -0.1) is 5.10 Å². The second-order valence-electron chi connectivity index (χ2n) is 6.55. The van der Waals surface area contributed by atoms with Crippen LogP contribution >= 0.6 is 0 Å². The maximum atomic E-state index is 5.99. The Morgan fingerprint density at radius 2 is 1.65 bits per heavy atom. The molecule has 92 valence electrons. The fraction of sp³-hybridized carbons (Fsp3) is 0.571. The van der Waals surface area contributed by atoms with Crippen molar-refractivity contribution in [3.8, 4) is 0 Å². The average Bonchev–Trinajstić information content (AvgIpc) is 2.54. The van der Waals surface area contributed by atoms with Crippen LogP contribution in [0.4, 0.5) is 0 Å². The lowest BCUT2D eigenvalue weighted by atomic mass is 9.79. The topological polar surface area (TPSA) is 38.9 Å². The van der Waals surface area contributed by atoms with E-state index in [-0.39, 0.29) is 10.8 Å². The van der Waals surface area contributed by atoms with Crippen molar-refractivity contribution in [3.63, 3.8) is 0 Å². The van der Waals surface area contributed by atoms with Crippen LogP contribution in [0.25, 0.3) is 11.1 Å². The standard InChI is InChI=1S/C14H20N2O/c1-13(2,3)10-11-9(7-8-15-16-11)17-12(10)14(4,5)6/h7-8H,1-6H3. The minimum absolute atomic E-state index is 0.00387. The van der Waals surface area contributed by atoms with Crippen molar-refractivity contribution in [3.05, 3.63) is 23.6 Å². The van der Waals surface area contributed by atoms with E-state index < -0.39 is 0 Å². The van der Waals surface area contributed by atoms with Crippen LogP contribution in [0.3, 0.4) is 0 Å². The number of nitrogens with zero attached hydrogens (tertiary/aromatic N) is 2. The summed E-state index contributed by atoms with van der Waals surface area (Å²) in [5.41, 5.74) is 2.88. The summed E-state index contributed by atoms with van der Waals surface area (Å²) in [6.07, 6.45) is 1.67. The summed E-state index contributed by atoms with van der Waals surface area (Å²) in [5.74, 6) is 1.01. The van der Waals surface area contributed by atoms with Crippen molar-refractivity contribution in [2.45, 2.75) is 52.4 Å². The van der Waals surface area contributed by atoms with Gasteiger partial charge < -0.3 is 4.42 Å². The van der Waals surface area contributed by atoms with Crippen LogP contribution in [0.2, 0.25) is 0 Å². The third-order valence-corrected chi connectivity index (χ3v) is 2.79. The molecule has 0 saturated heterocycles. The summed E-state index contributed by atoms with van der Waals surface area (Å²) < 4.78 is 5.99. The zero-order valence-electron chi connectivity index (χ0n) is 11.5. The van der Waals surface area contributed by atoms with E-state index in [0.717, 1.165) is 16.9 Å². The molecule has 0 amide bonds. The molecule has 0 unspecified atom stereocenters. The third kappa shape index (κ3) is 2.06. The molecule has 0 fully saturated rings. The SMILES string of the molecule is CC(C)(C)c1oc2ccnnc2c1C(C)(C)C. The van der Waals surface area contributed by atoms with Gasteiger partial charge >= 0.3 is 0 Å². The smallest absolute Gasteiger partial charge is 0.156 e. The highest BCUT2D eigenvalue weighted by atomic mass is 16.3.